The van der Waals surface area contributed by atoms with Crippen molar-refractivity contribution in [2.24, 2.45) is 0 Å². The second-order valence-corrected chi connectivity index (χ2v) is 6.84. The summed E-state index contributed by atoms with van der Waals surface area (Å²) >= 11 is 3.30. The van der Waals surface area contributed by atoms with E-state index in [2.05, 4.69) is 16.0 Å². The summed E-state index contributed by atoms with van der Waals surface area (Å²) in [7, 11) is 0. The van der Waals surface area contributed by atoms with E-state index in [1.165, 1.54) is 4.88 Å². The zero-order chi connectivity index (χ0) is 14.1. The van der Waals surface area contributed by atoms with E-state index in [-0.39, 0.29) is 0 Å². The summed E-state index contributed by atoms with van der Waals surface area (Å²) in [6.07, 6.45) is 2.19. The van der Waals surface area contributed by atoms with Gasteiger partial charge in [-0.3, -0.25) is 9.69 Å². The van der Waals surface area contributed by atoms with E-state index in [1.807, 2.05) is 16.8 Å². The van der Waals surface area contributed by atoms with Crippen molar-refractivity contribution in [3.8, 4) is 9.88 Å². The van der Waals surface area contributed by atoms with E-state index in [9.17, 15) is 9.90 Å². The molecule has 0 spiro atoms. The lowest BCUT2D eigenvalue weighted by molar-refractivity contribution is -0.143. The third-order valence-corrected chi connectivity index (χ3v) is 5.43. The van der Waals surface area contributed by atoms with Crippen molar-refractivity contribution in [3.05, 3.63) is 28.6 Å². The van der Waals surface area contributed by atoms with E-state index in [4.69, 9.17) is 0 Å². The van der Waals surface area contributed by atoms with Gasteiger partial charge in [-0.2, -0.15) is 0 Å². The van der Waals surface area contributed by atoms with Gasteiger partial charge in [-0.15, -0.1) is 22.7 Å². The van der Waals surface area contributed by atoms with Crippen LogP contribution in [0.2, 0.25) is 0 Å². The quantitative estimate of drug-likeness (QED) is 0.889. The highest BCUT2D eigenvalue weighted by Gasteiger charge is 2.35. The molecule has 2 heterocycles. The van der Waals surface area contributed by atoms with Crippen LogP contribution in [0.3, 0.4) is 0 Å². The lowest BCUT2D eigenvalue weighted by atomic mass is 10.2. The molecule has 6 heteroatoms. The fourth-order valence-corrected chi connectivity index (χ4v) is 3.84. The first-order chi connectivity index (χ1) is 9.65. The first-order valence-corrected chi connectivity index (χ1v) is 8.38. The van der Waals surface area contributed by atoms with Crippen LogP contribution in [-0.2, 0) is 11.3 Å². The largest absolute Gasteiger partial charge is 0.480 e. The van der Waals surface area contributed by atoms with Gasteiger partial charge in [-0.25, -0.2) is 4.98 Å². The second kappa shape index (κ2) is 5.63. The molecule has 2 aromatic rings. The average molecular weight is 308 g/mol. The molecule has 1 saturated carbocycles. The number of aromatic nitrogens is 1. The molecular formula is C14H16N2O2S2. The SMILES string of the molecule is CC(C(=O)O)N(Cc1csc(-c2cccs2)n1)C1CC1. The Balaban J connectivity index is 1.74. The number of hydrogen-bond donors (Lipinski definition) is 1. The highest BCUT2D eigenvalue weighted by atomic mass is 32.1. The first kappa shape index (κ1) is 13.7. The van der Waals surface area contributed by atoms with E-state index in [0.29, 0.717) is 12.6 Å². The lowest BCUT2D eigenvalue weighted by Crippen LogP contribution is -2.40. The van der Waals surface area contributed by atoms with E-state index < -0.39 is 12.0 Å². The summed E-state index contributed by atoms with van der Waals surface area (Å²) in [5.41, 5.74) is 0.971. The van der Waals surface area contributed by atoms with Gasteiger partial charge in [-0.05, 0) is 31.2 Å². The first-order valence-electron chi connectivity index (χ1n) is 6.62. The van der Waals surface area contributed by atoms with E-state index in [0.717, 1.165) is 23.5 Å². The Morgan fingerprint density at radius 1 is 1.55 bits per heavy atom. The molecule has 4 nitrogen and oxygen atoms in total. The Labute approximate surface area is 125 Å². The third-order valence-electron chi connectivity index (χ3n) is 3.50. The van der Waals surface area contributed by atoms with Crippen molar-refractivity contribution in [1.82, 2.24) is 9.88 Å². The summed E-state index contributed by atoms with van der Waals surface area (Å²) in [5, 5.41) is 14.3. The molecule has 2 aromatic heterocycles. The fraction of sp³-hybridized carbons (Fsp3) is 0.429. The zero-order valence-electron chi connectivity index (χ0n) is 11.2. The Bertz CT molecular complexity index is 590. The van der Waals surface area contributed by atoms with Crippen molar-refractivity contribution in [2.75, 3.05) is 0 Å². The van der Waals surface area contributed by atoms with Gasteiger partial charge < -0.3 is 5.11 Å². The molecule has 0 amide bonds. The maximum absolute atomic E-state index is 11.2. The Morgan fingerprint density at radius 2 is 2.35 bits per heavy atom. The smallest absolute Gasteiger partial charge is 0.320 e. The maximum Gasteiger partial charge on any atom is 0.320 e. The average Bonchev–Trinajstić information content (AvgIpc) is 2.93. The summed E-state index contributed by atoms with van der Waals surface area (Å²) in [6.45, 7) is 2.38. The van der Waals surface area contributed by atoms with Gasteiger partial charge in [-0.1, -0.05) is 6.07 Å². The molecule has 1 N–H and O–H groups in total. The predicted molar refractivity (Wildman–Crippen MR) is 81.1 cm³/mol. The minimum atomic E-state index is -0.759. The van der Waals surface area contributed by atoms with Gasteiger partial charge in [0.2, 0.25) is 0 Å². The molecule has 0 aliphatic heterocycles. The van der Waals surface area contributed by atoms with E-state index >= 15 is 0 Å². The van der Waals surface area contributed by atoms with Crippen molar-refractivity contribution in [2.45, 2.75) is 38.4 Å². The fourth-order valence-electron chi connectivity index (χ4n) is 2.21. The molecule has 106 valence electrons. The number of hydrogen-bond acceptors (Lipinski definition) is 5. The van der Waals surface area contributed by atoms with Gasteiger partial charge in [0.1, 0.15) is 11.0 Å². The minimum Gasteiger partial charge on any atom is -0.480 e. The van der Waals surface area contributed by atoms with Crippen LogP contribution in [-0.4, -0.2) is 33.0 Å². The number of carbonyl (C=O) groups is 1. The lowest BCUT2D eigenvalue weighted by Gasteiger charge is -2.25. The molecule has 0 aromatic carbocycles. The second-order valence-electron chi connectivity index (χ2n) is 5.04. The van der Waals surface area contributed by atoms with Crippen LogP contribution >= 0.6 is 22.7 Å². The molecule has 1 fully saturated rings. The van der Waals surface area contributed by atoms with Gasteiger partial charge in [0.05, 0.1) is 10.6 Å². The van der Waals surface area contributed by atoms with Crippen molar-refractivity contribution >= 4 is 28.6 Å². The zero-order valence-corrected chi connectivity index (χ0v) is 12.8. The predicted octanol–water partition coefficient (Wildman–Crippen LogP) is 3.31. The minimum absolute atomic E-state index is 0.410. The molecular weight excluding hydrogens is 292 g/mol. The number of aliphatic carboxylic acids is 1. The van der Waals surface area contributed by atoms with Gasteiger partial charge in [0, 0.05) is 18.0 Å². The summed E-state index contributed by atoms with van der Waals surface area (Å²) in [4.78, 5) is 19.1. The number of thiazole rings is 1. The molecule has 1 aliphatic carbocycles. The van der Waals surface area contributed by atoms with Crippen LogP contribution in [0, 0.1) is 0 Å². The Hall–Kier alpha value is -1.24. The van der Waals surface area contributed by atoms with Crippen LogP contribution in [0.25, 0.3) is 9.88 Å². The standard InChI is InChI=1S/C14H16N2O2S2/c1-9(14(17)18)16(11-4-5-11)7-10-8-20-13(15-10)12-3-2-6-19-12/h2-3,6,8-9,11H,4-5,7H2,1H3,(H,17,18). The van der Waals surface area contributed by atoms with Gasteiger partial charge in [0.25, 0.3) is 0 Å². The number of carboxylic acid groups (broad SMARTS) is 1. The molecule has 20 heavy (non-hydrogen) atoms. The van der Waals surface area contributed by atoms with E-state index in [1.54, 1.807) is 29.6 Å². The topological polar surface area (TPSA) is 53.4 Å². The molecule has 0 saturated heterocycles. The van der Waals surface area contributed by atoms with Crippen LogP contribution in [0.4, 0.5) is 0 Å². The number of rotatable bonds is 6. The van der Waals surface area contributed by atoms with Crippen LogP contribution < -0.4 is 0 Å². The Morgan fingerprint density at radius 3 is 2.95 bits per heavy atom. The molecule has 3 rings (SSSR count). The number of nitrogens with zero attached hydrogens (tertiary/aromatic N) is 2. The molecule has 0 radical (unpaired) electrons. The maximum atomic E-state index is 11.2. The van der Waals surface area contributed by atoms with Crippen molar-refractivity contribution in [3.63, 3.8) is 0 Å². The molecule has 1 atom stereocenters. The number of carboxylic acids is 1. The van der Waals surface area contributed by atoms with Crippen LogP contribution in [0.15, 0.2) is 22.9 Å². The summed E-state index contributed by atoms with van der Waals surface area (Å²) in [5.74, 6) is -0.759. The van der Waals surface area contributed by atoms with Crippen molar-refractivity contribution in [1.29, 1.82) is 0 Å². The molecule has 1 unspecified atom stereocenters. The van der Waals surface area contributed by atoms with Gasteiger partial charge >= 0.3 is 5.97 Å². The van der Waals surface area contributed by atoms with Gasteiger partial charge in [0.15, 0.2) is 0 Å². The Kier molecular flexibility index (Phi) is 3.87. The number of thiophene rings is 1. The summed E-state index contributed by atoms with van der Waals surface area (Å²) < 4.78 is 0. The highest BCUT2D eigenvalue weighted by molar-refractivity contribution is 7.20. The van der Waals surface area contributed by atoms with Crippen molar-refractivity contribution < 1.29 is 9.90 Å². The molecule has 0 bridgehead atoms. The van der Waals surface area contributed by atoms with Crippen LogP contribution in [0.5, 0.6) is 0 Å². The normalized spacial score (nSPS) is 16.5. The summed E-state index contributed by atoms with van der Waals surface area (Å²) in [6, 6.07) is 4.04. The van der Waals surface area contributed by atoms with Crippen LogP contribution in [0.1, 0.15) is 25.5 Å². The molecule has 1 aliphatic rings. The highest BCUT2D eigenvalue weighted by Crippen LogP contribution is 2.32. The monoisotopic (exact) mass is 308 g/mol. The third kappa shape index (κ3) is 2.92.